The summed E-state index contributed by atoms with van der Waals surface area (Å²) in [5.41, 5.74) is 1.98. The van der Waals surface area contributed by atoms with Crippen molar-refractivity contribution in [2.24, 2.45) is 0 Å². The average molecular weight is 504 g/mol. The third-order valence-corrected chi connectivity index (χ3v) is 5.57. The predicted octanol–water partition coefficient (Wildman–Crippen LogP) is 3.41. The fourth-order valence-electron chi connectivity index (χ4n) is 3.65. The first-order chi connectivity index (χ1) is 17.9. The van der Waals surface area contributed by atoms with Crippen molar-refractivity contribution in [1.29, 1.82) is 0 Å². The fourth-order valence-corrected chi connectivity index (χ4v) is 3.65. The van der Waals surface area contributed by atoms with E-state index in [1.807, 2.05) is 48.5 Å². The van der Waals surface area contributed by atoms with Crippen LogP contribution in [0.15, 0.2) is 84.9 Å². The van der Waals surface area contributed by atoms with Gasteiger partial charge in [-0.25, -0.2) is 9.59 Å². The summed E-state index contributed by atoms with van der Waals surface area (Å²) in [7, 11) is 0. The molecule has 4 amide bonds. The van der Waals surface area contributed by atoms with Crippen LogP contribution in [0.4, 0.5) is 15.3 Å². The summed E-state index contributed by atoms with van der Waals surface area (Å²) in [6.45, 7) is -0.457. The molecule has 0 spiro atoms. The van der Waals surface area contributed by atoms with Crippen molar-refractivity contribution in [2.45, 2.75) is 19.3 Å². The molecule has 0 aromatic heterocycles. The normalized spacial score (nSPS) is 14.3. The van der Waals surface area contributed by atoms with Gasteiger partial charge in [0.15, 0.2) is 0 Å². The molecule has 4 rings (SSSR count). The van der Waals surface area contributed by atoms with E-state index in [0.717, 1.165) is 20.9 Å². The summed E-state index contributed by atoms with van der Waals surface area (Å²) in [4.78, 5) is 51.1. The Kier molecular flexibility index (Phi) is 7.99. The van der Waals surface area contributed by atoms with Crippen molar-refractivity contribution in [1.82, 2.24) is 10.2 Å². The molecule has 2 N–H and O–H groups in total. The van der Waals surface area contributed by atoms with Gasteiger partial charge < -0.3 is 19.9 Å². The molecule has 190 valence electrons. The highest BCUT2D eigenvalue weighted by Gasteiger charge is 2.44. The molecule has 1 fully saturated rings. The Balaban J connectivity index is 1.36. The van der Waals surface area contributed by atoms with Gasteiger partial charge in [0.2, 0.25) is 0 Å². The summed E-state index contributed by atoms with van der Waals surface area (Å²) in [6.07, 6.45) is -0.792. The van der Waals surface area contributed by atoms with E-state index in [9.17, 15) is 24.3 Å². The number of carbonyl (C=O) groups is 4. The Morgan fingerprint density at radius 3 is 2.19 bits per heavy atom. The molecule has 10 nitrogen and oxygen atoms in total. The maximum absolute atomic E-state index is 13.1. The zero-order chi connectivity index (χ0) is 26.2. The van der Waals surface area contributed by atoms with Gasteiger partial charge in [-0.2, -0.15) is 0 Å². The lowest BCUT2D eigenvalue weighted by Crippen LogP contribution is -2.67. The van der Waals surface area contributed by atoms with Crippen molar-refractivity contribution >= 4 is 29.7 Å². The summed E-state index contributed by atoms with van der Waals surface area (Å²) in [6, 6.07) is 23.2. The number of rotatable bonds is 9. The number of amides is 4. The Bertz CT molecular complexity index is 1270. The van der Waals surface area contributed by atoms with Crippen LogP contribution in [0.5, 0.6) is 5.75 Å². The Hall–Kier alpha value is -4.86. The number of hydrogen-bond acceptors (Lipinski definition) is 6. The molecule has 0 radical (unpaired) electrons. The average Bonchev–Trinajstić information content (AvgIpc) is 2.92. The summed E-state index contributed by atoms with van der Waals surface area (Å²) in [5, 5.41) is 11.8. The standard InChI is InChI=1S/C27H25N3O7/c31-24(32)16-29(21-12-7-13-22(14-21)36-17-19-8-3-1-4-9-19)27(35)30-15-23(25(30)33)28-26(34)37-18-20-10-5-2-6-11-20/h1-14,23H,15-18H2,(H,28,34)(H,31,32). The van der Waals surface area contributed by atoms with E-state index in [2.05, 4.69) is 5.32 Å². The van der Waals surface area contributed by atoms with Gasteiger partial charge in [-0.1, -0.05) is 66.7 Å². The third kappa shape index (κ3) is 6.63. The van der Waals surface area contributed by atoms with E-state index in [1.165, 1.54) is 6.07 Å². The molecule has 0 saturated carbocycles. The number of carboxylic acid groups (broad SMARTS) is 1. The van der Waals surface area contributed by atoms with Crippen LogP contribution >= 0.6 is 0 Å². The number of benzene rings is 3. The quantitative estimate of drug-likeness (QED) is 0.429. The van der Waals surface area contributed by atoms with Crippen molar-refractivity contribution in [3.63, 3.8) is 0 Å². The first-order valence-electron chi connectivity index (χ1n) is 11.5. The second-order valence-electron chi connectivity index (χ2n) is 8.24. The van der Waals surface area contributed by atoms with Gasteiger partial charge in [-0.05, 0) is 23.3 Å². The number of hydrogen-bond donors (Lipinski definition) is 2. The van der Waals surface area contributed by atoms with E-state index >= 15 is 0 Å². The highest BCUT2D eigenvalue weighted by molar-refractivity contribution is 6.09. The summed E-state index contributed by atoms with van der Waals surface area (Å²) in [5.74, 6) is -1.48. The van der Waals surface area contributed by atoms with E-state index in [1.54, 1.807) is 30.3 Å². The molecule has 1 aliphatic rings. The van der Waals surface area contributed by atoms with E-state index in [-0.39, 0.29) is 25.4 Å². The van der Waals surface area contributed by atoms with Gasteiger partial charge in [-0.3, -0.25) is 19.4 Å². The van der Waals surface area contributed by atoms with Crippen LogP contribution in [0.25, 0.3) is 0 Å². The first-order valence-corrected chi connectivity index (χ1v) is 11.5. The second-order valence-corrected chi connectivity index (χ2v) is 8.24. The number of nitrogens with one attached hydrogen (secondary N) is 1. The number of nitrogens with zero attached hydrogens (tertiary/aromatic N) is 2. The van der Waals surface area contributed by atoms with Crippen molar-refractivity contribution in [3.8, 4) is 5.75 Å². The Labute approximate surface area is 213 Å². The van der Waals surface area contributed by atoms with Crippen LogP contribution in [0.2, 0.25) is 0 Å². The van der Waals surface area contributed by atoms with Gasteiger partial charge >= 0.3 is 18.1 Å². The lowest BCUT2D eigenvalue weighted by atomic mass is 10.1. The zero-order valence-corrected chi connectivity index (χ0v) is 19.8. The zero-order valence-electron chi connectivity index (χ0n) is 19.8. The number of anilines is 1. The SMILES string of the molecule is O=C(O)CN(C(=O)N1CC(NC(=O)OCc2ccccc2)C1=O)c1cccc(OCc2ccccc2)c1. The smallest absolute Gasteiger partial charge is 0.408 e. The topological polar surface area (TPSA) is 125 Å². The van der Waals surface area contributed by atoms with Gasteiger partial charge in [0.05, 0.1) is 6.54 Å². The minimum atomic E-state index is -1.25. The largest absolute Gasteiger partial charge is 0.489 e. The van der Waals surface area contributed by atoms with E-state index in [4.69, 9.17) is 9.47 Å². The number of likely N-dealkylation sites (tertiary alicyclic amines) is 1. The molecule has 1 unspecified atom stereocenters. The Morgan fingerprint density at radius 2 is 1.57 bits per heavy atom. The fraction of sp³-hybridized carbons (Fsp3) is 0.185. The number of aliphatic carboxylic acids is 1. The molecular formula is C27H25N3O7. The second kappa shape index (κ2) is 11.7. The third-order valence-electron chi connectivity index (χ3n) is 5.57. The predicted molar refractivity (Wildman–Crippen MR) is 133 cm³/mol. The molecule has 3 aromatic rings. The van der Waals surface area contributed by atoms with Gasteiger partial charge in [-0.15, -0.1) is 0 Å². The van der Waals surface area contributed by atoms with Crippen LogP contribution in [0, 0.1) is 0 Å². The number of ether oxygens (including phenoxy) is 2. The van der Waals surface area contributed by atoms with Crippen molar-refractivity contribution in [3.05, 3.63) is 96.1 Å². The first kappa shape index (κ1) is 25.2. The van der Waals surface area contributed by atoms with E-state index in [0.29, 0.717) is 5.75 Å². The number of carbonyl (C=O) groups excluding carboxylic acids is 3. The molecule has 3 aromatic carbocycles. The summed E-state index contributed by atoms with van der Waals surface area (Å²) >= 11 is 0. The summed E-state index contributed by atoms with van der Waals surface area (Å²) < 4.78 is 10.9. The maximum Gasteiger partial charge on any atom is 0.408 e. The highest BCUT2D eigenvalue weighted by Crippen LogP contribution is 2.25. The van der Waals surface area contributed by atoms with Crippen LogP contribution in [0.3, 0.4) is 0 Å². The molecule has 1 aliphatic heterocycles. The molecule has 37 heavy (non-hydrogen) atoms. The maximum atomic E-state index is 13.1. The van der Waals surface area contributed by atoms with Crippen LogP contribution in [-0.2, 0) is 27.5 Å². The molecule has 10 heteroatoms. The molecule has 0 bridgehead atoms. The lowest BCUT2D eigenvalue weighted by molar-refractivity contribution is -0.139. The number of alkyl carbamates (subject to hydrolysis) is 1. The Morgan fingerprint density at radius 1 is 0.919 bits per heavy atom. The number of imide groups is 1. The molecular weight excluding hydrogens is 478 g/mol. The van der Waals surface area contributed by atoms with Gasteiger partial charge in [0, 0.05) is 11.8 Å². The van der Waals surface area contributed by atoms with Crippen LogP contribution in [0.1, 0.15) is 11.1 Å². The van der Waals surface area contributed by atoms with Gasteiger partial charge in [0.25, 0.3) is 5.91 Å². The molecule has 1 atom stereocenters. The molecule has 1 saturated heterocycles. The van der Waals surface area contributed by atoms with Gasteiger partial charge in [0.1, 0.15) is 31.5 Å². The number of β-lactam (4-membered cyclic amide) rings is 1. The van der Waals surface area contributed by atoms with Crippen molar-refractivity contribution < 1.29 is 33.8 Å². The van der Waals surface area contributed by atoms with Crippen LogP contribution in [-0.4, -0.2) is 53.1 Å². The minimum Gasteiger partial charge on any atom is -0.489 e. The van der Waals surface area contributed by atoms with Crippen molar-refractivity contribution in [2.75, 3.05) is 18.0 Å². The number of urea groups is 1. The lowest BCUT2D eigenvalue weighted by Gasteiger charge is -2.39. The van der Waals surface area contributed by atoms with Crippen LogP contribution < -0.4 is 15.0 Å². The van der Waals surface area contributed by atoms with E-state index < -0.39 is 36.6 Å². The minimum absolute atomic E-state index is 0.0330. The molecule has 1 heterocycles. The monoisotopic (exact) mass is 503 g/mol. The number of carboxylic acids is 1. The highest BCUT2D eigenvalue weighted by atomic mass is 16.5. The molecule has 0 aliphatic carbocycles.